The molecule has 0 aliphatic rings. The third-order valence-electron chi connectivity index (χ3n) is 4.67. The van der Waals surface area contributed by atoms with E-state index in [-0.39, 0.29) is 34.1 Å². The summed E-state index contributed by atoms with van der Waals surface area (Å²) in [4.78, 5) is 19.4. The molecule has 32 heavy (non-hydrogen) atoms. The van der Waals surface area contributed by atoms with Crippen LogP contribution in [0.5, 0.6) is 0 Å². The third-order valence-corrected chi connectivity index (χ3v) is 4.67. The summed E-state index contributed by atoms with van der Waals surface area (Å²) in [5.41, 5.74) is 3.81. The van der Waals surface area contributed by atoms with Crippen molar-refractivity contribution < 1.29 is 22.0 Å². The number of nitrogen functional groups attached to an aromatic ring is 1. The average molecular weight is 450 g/mol. The van der Waals surface area contributed by atoms with Crippen molar-refractivity contribution in [2.75, 3.05) is 11.1 Å². The molecule has 0 unspecified atom stereocenters. The van der Waals surface area contributed by atoms with Crippen LogP contribution in [-0.2, 0) is 13.2 Å². The van der Waals surface area contributed by atoms with Gasteiger partial charge in [-0.05, 0) is 11.6 Å². The maximum atomic E-state index is 14.4. The predicted molar refractivity (Wildman–Crippen MR) is 105 cm³/mol. The summed E-state index contributed by atoms with van der Waals surface area (Å²) in [5.74, 6) is -2.94. The second-order valence-corrected chi connectivity index (χ2v) is 7.02. The van der Waals surface area contributed by atoms with E-state index in [2.05, 4.69) is 30.2 Å². The highest BCUT2D eigenvalue weighted by Gasteiger charge is 2.35. The largest absolute Gasteiger partial charge is 0.433 e. The fourth-order valence-electron chi connectivity index (χ4n) is 3.25. The fourth-order valence-corrected chi connectivity index (χ4v) is 3.25. The van der Waals surface area contributed by atoms with Crippen LogP contribution < -0.4 is 11.1 Å². The van der Waals surface area contributed by atoms with Crippen LogP contribution >= 0.6 is 0 Å². The Balaban J connectivity index is 1.99. The molecular formula is C19H15F5N8. The zero-order valence-corrected chi connectivity index (χ0v) is 16.6. The number of nitrogens with one attached hydrogen (secondary N) is 1. The summed E-state index contributed by atoms with van der Waals surface area (Å²) >= 11 is 0. The van der Waals surface area contributed by atoms with Crippen LogP contribution in [0.2, 0.25) is 0 Å². The predicted octanol–water partition coefficient (Wildman–Crippen LogP) is 3.93. The number of hydrogen-bond acceptors (Lipinski definition) is 7. The second kappa shape index (κ2) is 7.66. The first-order chi connectivity index (χ1) is 15.0. The normalized spacial score (nSPS) is 12.8. The molecule has 0 saturated heterocycles. The molecular weight excluding hydrogens is 435 g/mol. The molecule has 0 bridgehead atoms. The number of aromatic nitrogens is 6. The smallest absolute Gasteiger partial charge is 0.368 e. The van der Waals surface area contributed by atoms with E-state index in [1.54, 1.807) is 17.8 Å². The van der Waals surface area contributed by atoms with Gasteiger partial charge in [-0.15, -0.1) is 0 Å². The molecule has 0 aliphatic heterocycles. The van der Waals surface area contributed by atoms with Crippen LogP contribution in [-0.4, -0.2) is 29.5 Å². The topological polar surface area (TPSA) is 107 Å². The molecule has 4 aromatic heterocycles. The summed E-state index contributed by atoms with van der Waals surface area (Å²) in [7, 11) is 1.72. The Morgan fingerprint density at radius 3 is 2.47 bits per heavy atom. The minimum absolute atomic E-state index is 0.0248. The van der Waals surface area contributed by atoms with Gasteiger partial charge < -0.3 is 15.6 Å². The number of nitrogens with two attached hydrogens (primary N) is 1. The van der Waals surface area contributed by atoms with Crippen molar-refractivity contribution in [2.24, 2.45) is 7.05 Å². The molecule has 3 N–H and O–H groups in total. The first kappa shape index (κ1) is 21.3. The molecule has 0 fully saturated rings. The van der Waals surface area contributed by atoms with Crippen LogP contribution in [0.1, 0.15) is 29.8 Å². The maximum absolute atomic E-state index is 14.4. The van der Waals surface area contributed by atoms with Crippen molar-refractivity contribution in [3.05, 3.63) is 59.4 Å². The van der Waals surface area contributed by atoms with Crippen molar-refractivity contribution in [2.45, 2.75) is 19.0 Å². The van der Waals surface area contributed by atoms with Crippen molar-refractivity contribution in [3.8, 4) is 0 Å². The summed E-state index contributed by atoms with van der Waals surface area (Å²) in [5, 5.41) is 2.94. The SMILES string of the molecule is C[C@H](c1ncc(F)cc1F)c1cc(C(F)(F)F)nc2nc(N)nc(Nc3cn(C)cn3)c12. The van der Waals surface area contributed by atoms with Gasteiger partial charge in [-0.1, -0.05) is 6.92 Å². The van der Waals surface area contributed by atoms with E-state index in [4.69, 9.17) is 5.73 Å². The fraction of sp³-hybridized carbons (Fsp3) is 0.211. The molecule has 0 amide bonds. The van der Waals surface area contributed by atoms with E-state index in [0.717, 1.165) is 12.3 Å². The number of imidazole rings is 1. The van der Waals surface area contributed by atoms with Crippen molar-refractivity contribution in [1.29, 1.82) is 0 Å². The highest BCUT2D eigenvalue weighted by molar-refractivity contribution is 5.93. The first-order valence-electron chi connectivity index (χ1n) is 9.14. The van der Waals surface area contributed by atoms with Gasteiger partial charge in [0, 0.05) is 25.2 Å². The summed E-state index contributed by atoms with van der Waals surface area (Å²) in [6.45, 7) is 1.43. The lowest BCUT2D eigenvalue weighted by Gasteiger charge is -2.19. The number of pyridine rings is 2. The number of fused-ring (bicyclic) bond motifs is 1. The van der Waals surface area contributed by atoms with E-state index in [1.807, 2.05) is 0 Å². The Labute approximate surface area is 177 Å². The average Bonchev–Trinajstić information content (AvgIpc) is 3.10. The van der Waals surface area contributed by atoms with Crippen LogP contribution in [0.4, 0.5) is 39.5 Å². The first-order valence-corrected chi connectivity index (χ1v) is 9.14. The van der Waals surface area contributed by atoms with Crippen molar-refractivity contribution >= 4 is 28.6 Å². The second-order valence-electron chi connectivity index (χ2n) is 7.02. The molecule has 4 rings (SSSR count). The van der Waals surface area contributed by atoms with E-state index >= 15 is 0 Å². The van der Waals surface area contributed by atoms with Crippen LogP contribution in [0.15, 0.2) is 30.9 Å². The molecule has 13 heteroatoms. The van der Waals surface area contributed by atoms with Gasteiger partial charge in [0.2, 0.25) is 5.95 Å². The molecule has 0 radical (unpaired) electrons. The summed E-state index contributed by atoms with van der Waals surface area (Å²) in [6, 6.07) is 1.37. The maximum Gasteiger partial charge on any atom is 0.433 e. The van der Waals surface area contributed by atoms with Crippen LogP contribution in [0, 0.1) is 11.6 Å². The van der Waals surface area contributed by atoms with E-state index < -0.39 is 29.4 Å². The highest BCUT2D eigenvalue weighted by atomic mass is 19.4. The lowest BCUT2D eigenvalue weighted by atomic mass is 9.93. The molecule has 0 spiro atoms. The van der Waals surface area contributed by atoms with E-state index in [9.17, 15) is 22.0 Å². The van der Waals surface area contributed by atoms with Gasteiger partial charge in [0.1, 0.15) is 29.0 Å². The van der Waals surface area contributed by atoms with Crippen molar-refractivity contribution in [1.82, 2.24) is 29.5 Å². The highest BCUT2D eigenvalue weighted by Crippen LogP contribution is 2.38. The van der Waals surface area contributed by atoms with Gasteiger partial charge in [-0.25, -0.2) is 18.7 Å². The lowest BCUT2D eigenvalue weighted by molar-refractivity contribution is -0.141. The number of halogens is 5. The Hall–Kier alpha value is -3.90. The zero-order chi connectivity index (χ0) is 23.2. The van der Waals surface area contributed by atoms with Gasteiger partial charge in [0.05, 0.1) is 23.6 Å². The minimum Gasteiger partial charge on any atom is -0.368 e. The Bertz CT molecular complexity index is 1320. The number of aryl methyl sites for hydroxylation is 1. The molecule has 1 atom stereocenters. The molecule has 4 aromatic rings. The molecule has 4 heterocycles. The number of rotatable bonds is 4. The number of hydrogen-bond donors (Lipinski definition) is 2. The zero-order valence-electron chi connectivity index (χ0n) is 16.6. The molecule has 0 aliphatic carbocycles. The monoisotopic (exact) mass is 450 g/mol. The quantitative estimate of drug-likeness (QED) is 0.454. The molecule has 0 aromatic carbocycles. The number of alkyl halides is 3. The van der Waals surface area contributed by atoms with E-state index in [1.165, 1.54) is 13.3 Å². The lowest BCUT2D eigenvalue weighted by Crippen LogP contribution is -2.14. The number of nitrogens with zero attached hydrogens (tertiary/aromatic N) is 6. The Kier molecular flexibility index (Phi) is 5.11. The molecule has 0 saturated carbocycles. The summed E-state index contributed by atoms with van der Waals surface area (Å²) < 4.78 is 70.0. The van der Waals surface area contributed by atoms with Gasteiger partial charge in [0.15, 0.2) is 5.65 Å². The third kappa shape index (κ3) is 4.00. The van der Waals surface area contributed by atoms with Gasteiger partial charge >= 0.3 is 6.18 Å². The molecule has 8 nitrogen and oxygen atoms in total. The van der Waals surface area contributed by atoms with Crippen LogP contribution in [0.25, 0.3) is 11.0 Å². The Morgan fingerprint density at radius 2 is 1.84 bits per heavy atom. The van der Waals surface area contributed by atoms with Crippen molar-refractivity contribution in [3.63, 3.8) is 0 Å². The van der Waals surface area contributed by atoms with Gasteiger partial charge in [-0.2, -0.15) is 23.1 Å². The Morgan fingerprint density at radius 1 is 1.09 bits per heavy atom. The number of anilines is 3. The van der Waals surface area contributed by atoms with E-state index in [0.29, 0.717) is 11.9 Å². The minimum atomic E-state index is -4.81. The van der Waals surface area contributed by atoms with Gasteiger partial charge in [0.25, 0.3) is 0 Å². The van der Waals surface area contributed by atoms with Gasteiger partial charge in [-0.3, -0.25) is 4.98 Å². The standard InChI is InChI=1S/C19H15F5N8/c1-8(15-11(21)3-9(20)5-26-15)10-4-12(19(22,23)24)28-16-14(10)17(31-18(25)30-16)29-13-6-32(2)7-27-13/h3-8H,1-2H3,(H3,25,28,29,30,31)/t8-/m0/s1. The summed E-state index contributed by atoms with van der Waals surface area (Å²) in [6.07, 6.45) is -0.932. The van der Waals surface area contributed by atoms with Crippen LogP contribution in [0.3, 0.4) is 0 Å². The molecule has 166 valence electrons.